The molecule has 1 fully saturated rings. The average molecular weight is 406 g/mol. The minimum Gasteiger partial charge on any atom is -0.371 e. The molecule has 0 bridgehead atoms. The van der Waals surface area contributed by atoms with Crippen LogP contribution in [0, 0.1) is 0 Å². The summed E-state index contributed by atoms with van der Waals surface area (Å²) in [5.41, 5.74) is 4.08. The van der Waals surface area contributed by atoms with Crippen LogP contribution in [0.15, 0.2) is 54.1 Å². The van der Waals surface area contributed by atoms with E-state index in [0.717, 1.165) is 25.1 Å². The molecule has 0 spiro atoms. The highest BCUT2D eigenvalue weighted by atomic mass is 32.1. The zero-order chi connectivity index (χ0) is 20.4. The van der Waals surface area contributed by atoms with E-state index in [4.69, 9.17) is 12.2 Å². The Morgan fingerprint density at radius 3 is 2.69 bits per heavy atom. The van der Waals surface area contributed by atoms with Gasteiger partial charge in [0.1, 0.15) is 5.57 Å². The van der Waals surface area contributed by atoms with Crippen LogP contribution in [-0.4, -0.2) is 30.0 Å². The van der Waals surface area contributed by atoms with Gasteiger partial charge in [-0.1, -0.05) is 37.6 Å². The normalized spacial score (nSPS) is 17.7. The molecule has 2 aromatic rings. The fraction of sp³-hybridized carbons (Fsp3) is 0.261. The second-order valence-electron chi connectivity index (χ2n) is 7.27. The SMILES string of the molecule is CCCCN1CCc2cc(/C=C3/C(=O)NC(=S)N(c4ccccc4)C3=O)ccc21. The van der Waals surface area contributed by atoms with E-state index in [1.165, 1.54) is 29.0 Å². The highest BCUT2D eigenvalue weighted by Crippen LogP contribution is 2.30. The molecule has 0 unspecified atom stereocenters. The largest absolute Gasteiger partial charge is 0.371 e. The minimum absolute atomic E-state index is 0.0863. The molecule has 6 heteroatoms. The summed E-state index contributed by atoms with van der Waals surface area (Å²) in [5, 5.41) is 2.73. The van der Waals surface area contributed by atoms with Crippen molar-refractivity contribution in [3.05, 3.63) is 65.2 Å². The van der Waals surface area contributed by atoms with E-state index in [9.17, 15) is 9.59 Å². The zero-order valence-electron chi connectivity index (χ0n) is 16.4. The van der Waals surface area contributed by atoms with E-state index in [1.54, 1.807) is 18.2 Å². The van der Waals surface area contributed by atoms with Gasteiger partial charge >= 0.3 is 0 Å². The van der Waals surface area contributed by atoms with Gasteiger partial charge in [0.05, 0.1) is 5.69 Å². The molecule has 2 aliphatic rings. The van der Waals surface area contributed by atoms with Gasteiger partial charge < -0.3 is 4.90 Å². The second kappa shape index (κ2) is 8.17. The summed E-state index contributed by atoms with van der Waals surface area (Å²) < 4.78 is 0. The predicted octanol–water partition coefficient (Wildman–Crippen LogP) is 3.68. The van der Waals surface area contributed by atoms with Crippen LogP contribution in [0.3, 0.4) is 0 Å². The summed E-state index contributed by atoms with van der Waals surface area (Å²) in [7, 11) is 0. The molecule has 4 rings (SSSR count). The highest BCUT2D eigenvalue weighted by molar-refractivity contribution is 7.80. The van der Waals surface area contributed by atoms with Gasteiger partial charge in [0.15, 0.2) is 5.11 Å². The van der Waals surface area contributed by atoms with Crippen LogP contribution in [0.2, 0.25) is 0 Å². The Bertz CT molecular complexity index is 1000. The van der Waals surface area contributed by atoms with Crippen molar-refractivity contribution in [2.45, 2.75) is 26.2 Å². The minimum atomic E-state index is -0.461. The smallest absolute Gasteiger partial charge is 0.270 e. The van der Waals surface area contributed by atoms with Gasteiger partial charge in [0, 0.05) is 18.8 Å². The van der Waals surface area contributed by atoms with Gasteiger partial charge in [-0.2, -0.15) is 0 Å². The number of amides is 2. The van der Waals surface area contributed by atoms with Crippen LogP contribution < -0.4 is 15.1 Å². The van der Waals surface area contributed by atoms with Crippen molar-refractivity contribution in [2.24, 2.45) is 0 Å². The summed E-state index contributed by atoms with van der Waals surface area (Å²) in [6, 6.07) is 15.2. The Kier molecular flexibility index (Phi) is 5.45. The van der Waals surface area contributed by atoms with Gasteiger partial charge in [-0.25, -0.2) is 0 Å². The van der Waals surface area contributed by atoms with Gasteiger partial charge in [0.25, 0.3) is 11.8 Å². The number of carbonyl (C=O) groups excluding carboxylic acids is 2. The van der Waals surface area contributed by atoms with Crippen LogP contribution in [0.4, 0.5) is 11.4 Å². The molecule has 1 N–H and O–H groups in total. The molecular formula is C23H23N3O2S. The first-order chi connectivity index (χ1) is 14.1. The Labute approximate surface area is 176 Å². The quantitative estimate of drug-likeness (QED) is 0.468. The van der Waals surface area contributed by atoms with E-state index < -0.39 is 11.8 Å². The fourth-order valence-electron chi connectivity index (χ4n) is 3.80. The van der Waals surface area contributed by atoms with Crippen LogP contribution in [0.25, 0.3) is 6.08 Å². The van der Waals surface area contributed by atoms with Crippen LogP contribution in [0.5, 0.6) is 0 Å². The predicted molar refractivity (Wildman–Crippen MR) is 120 cm³/mol. The van der Waals surface area contributed by atoms with E-state index in [2.05, 4.69) is 29.3 Å². The topological polar surface area (TPSA) is 52.7 Å². The number of para-hydroxylation sites is 1. The monoisotopic (exact) mass is 405 g/mol. The Morgan fingerprint density at radius 1 is 1.14 bits per heavy atom. The van der Waals surface area contributed by atoms with Crippen molar-refractivity contribution < 1.29 is 9.59 Å². The molecule has 2 heterocycles. The number of hydrogen-bond acceptors (Lipinski definition) is 4. The molecule has 0 aliphatic carbocycles. The number of fused-ring (bicyclic) bond motifs is 1. The number of nitrogens with zero attached hydrogens (tertiary/aromatic N) is 2. The molecular weight excluding hydrogens is 382 g/mol. The van der Waals surface area contributed by atoms with Gasteiger partial charge in [-0.05, 0) is 66.5 Å². The van der Waals surface area contributed by atoms with E-state index in [-0.39, 0.29) is 10.7 Å². The maximum Gasteiger partial charge on any atom is 0.270 e. The van der Waals surface area contributed by atoms with E-state index >= 15 is 0 Å². The molecule has 0 aromatic heterocycles. The van der Waals surface area contributed by atoms with Crippen molar-refractivity contribution in [1.82, 2.24) is 5.32 Å². The standard InChI is InChI=1S/C23H23N3O2S/c1-2-3-12-25-13-11-17-14-16(9-10-20(17)25)15-19-21(27)24-23(29)26(22(19)28)18-7-5-4-6-8-18/h4-10,14-15H,2-3,11-13H2,1H3,(H,24,27,29)/b19-15-. The number of anilines is 2. The lowest BCUT2D eigenvalue weighted by atomic mass is 10.0. The van der Waals surface area contributed by atoms with Gasteiger partial charge in [0.2, 0.25) is 0 Å². The first-order valence-corrected chi connectivity index (χ1v) is 10.3. The maximum atomic E-state index is 13.1. The molecule has 2 aliphatic heterocycles. The molecule has 29 heavy (non-hydrogen) atoms. The third-order valence-corrected chi connectivity index (χ3v) is 5.59. The van der Waals surface area contributed by atoms with Crippen LogP contribution >= 0.6 is 12.2 Å². The van der Waals surface area contributed by atoms with E-state index in [1.807, 2.05) is 24.3 Å². The number of unbranched alkanes of at least 4 members (excludes halogenated alkanes) is 1. The summed E-state index contributed by atoms with van der Waals surface area (Å²) in [6.07, 6.45) is 4.99. The molecule has 2 aromatic carbocycles. The third-order valence-electron chi connectivity index (χ3n) is 5.30. The summed E-state index contributed by atoms with van der Waals surface area (Å²) in [5.74, 6) is -0.868. The van der Waals surface area contributed by atoms with Crippen molar-refractivity contribution >= 4 is 46.6 Å². The lowest BCUT2D eigenvalue weighted by Gasteiger charge is -2.28. The van der Waals surface area contributed by atoms with Gasteiger partial charge in [-0.3, -0.25) is 19.8 Å². The van der Waals surface area contributed by atoms with E-state index in [0.29, 0.717) is 5.69 Å². The lowest BCUT2D eigenvalue weighted by Crippen LogP contribution is -2.54. The summed E-state index contributed by atoms with van der Waals surface area (Å²) in [4.78, 5) is 29.3. The summed E-state index contributed by atoms with van der Waals surface area (Å²) >= 11 is 5.23. The number of rotatable bonds is 5. The number of benzene rings is 2. The first kappa shape index (κ1) is 19.3. The molecule has 0 saturated carbocycles. The van der Waals surface area contributed by atoms with Gasteiger partial charge in [-0.15, -0.1) is 0 Å². The number of thiocarbonyl (C=S) groups is 1. The number of nitrogens with one attached hydrogen (secondary N) is 1. The third kappa shape index (κ3) is 3.80. The van der Waals surface area contributed by atoms with Crippen molar-refractivity contribution in [3.63, 3.8) is 0 Å². The zero-order valence-corrected chi connectivity index (χ0v) is 17.2. The van der Waals surface area contributed by atoms with Crippen LogP contribution in [-0.2, 0) is 16.0 Å². The molecule has 2 amide bonds. The van der Waals surface area contributed by atoms with Crippen molar-refractivity contribution in [3.8, 4) is 0 Å². The molecule has 0 radical (unpaired) electrons. The maximum absolute atomic E-state index is 13.1. The van der Waals surface area contributed by atoms with Crippen molar-refractivity contribution in [1.29, 1.82) is 0 Å². The molecule has 1 saturated heterocycles. The number of carbonyl (C=O) groups is 2. The Balaban J connectivity index is 1.63. The summed E-state index contributed by atoms with van der Waals surface area (Å²) in [6.45, 7) is 4.28. The fourth-order valence-corrected chi connectivity index (χ4v) is 4.08. The molecule has 148 valence electrons. The second-order valence-corrected chi connectivity index (χ2v) is 7.66. The highest BCUT2D eigenvalue weighted by Gasteiger charge is 2.34. The van der Waals surface area contributed by atoms with Crippen molar-refractivity contribution in [2.75, 3.05) is 22.9 Å². The number of hydrogen-bond donors (Lipinski definition) is 1. The lowest BCUT2D eigenvalue weighted by molar-refractivity contribution is -0.122. The first-order valence-electron chi connectivity index (χ1n) is 9.93. The molecule has 5 nitrogen and oxygen atoms in total. The Hall–Kier alpha value is -2.99. The van der Waals surface area contributed by atoms with Crippen LogP contribution in [0.1, 0.15) is 30.9 Å². The average Bonchev–Trinajstić information content (AvgIpc) is 3.12. The molecule has 0 atom stereocenters. The Morgan fingerprint density at radius 2 is 1.93 bits per heavy atom.